The van der Waals surface area contributed by atoms with Gasteiger partial charge in [0, 0.05) is 18.1 Å². The first-order chi connectivity index (χ1) is 6.12. The number of hydrogen-bond acceptors (Lipinski definition) is 1. The zero-order chi connectivity index (χ0) is 11.1. The number of hydrogen-bond donors (Lipinski definition) is 0. The molecule has 1 aliphatic rings. The number of rotatable bonds is 0. The molecule has 0 aromatic carbocycles. The normalized spacial score (nSPS) is 31.1. The highest BCUT2D eigenvalue weighted by molar-refractivity contribution is 4.96. The molecular formula is C13H27N. The molecule has 0 unspecified atom stereocenters. The molecule has 0 aromatic rings. The average molecular weight is 197 g/mol. The third kappa shape index (κ3) is 2.50. The monoisotopic (exact) mass is 197 g/mol. The van der Waals surface area contributed by atoms with Gasteiger partial charge in [-0.05, 0) is 38.5 Å². The maximum atomic E-state index is 2.69. The highest BCUT2D eigenvalue weighted by Gasteiger charge is 2.41. The molecule has 0 amide bonds. The highest BCUT2D eigenvalue weighted by Crippen LogP contribution is 2.39. The van der Waals surface area contributed by atoms with E-state index in [4.69, 9.17) is 0 Å². The molecule has 1 heteroatoms. The van der Waals surface area contributed by atoms with Gasteiger partial charge in [0.05, 0.1) is 0 Å². The van der Waals surface area contributed by atoms with E-state index in [1.165, 1.54) is 13.0 Å². The van der Waals surface area contributed by atoms with Crippen molar-refractivity contribution in [2.45, 2.75) is 66.5 Å². The van der Waals surface area contributed by atoms with Gasteiger partial charge in [0.2, 0.25) is 0 Å². The summed E-state index contributed by atoms with van der Waals surface area (Å²) in [4.78, 5) is 2.69. The zero-order valence-corrected chi connectivity index (χ0v) is 11.0. The lowest BCUT2D eigenvalue weighted by atomic mass is 9.83. The van der Waals surface area contributed by atoms with E-state index in [2.05, 4.69) is 53.4 Å². The van der Waals surface area contributed by atoms with Gasteiger partial charge >= 0.3 is 0 Å². The molecule has 1 rings (SSSR count). The largest absolute Gasteiger partial charge is 0.295 e. The maximum Gasteiger partial charge on any atom is 0.0152 e. The summed E-state index contributed by atoms with van der Waals surface area (Å²) in [7, 11) is 0. The molecule has 2 atom stereocenters. The third-order valence-corrected chi connectivity index (χ3v) is 3.37. The topological polar surface area (TPSA) is 3.24 Å². The lowest BCUT2D eigenvalue weighted by Crippen LogP contribution is -2.49. The third-order valence-electron chi connectivity index (χ3n) is 3.37. The van der Waals surface area contributed by atoms with Gasteiger partial charge in [0.1, 0.15) is 0 Å². The van der Waals surface area contributed by atoms with Gasteiger partial charge in [0.15, 0.2) is 0 Å². The minimum atomic E-state index is 0.322. The zero-order valence-electron chi connectivity index (χ0n) is 11.0. The van der Waals surface area contributed by atoms with Crippen molar-refractivity contribution < 1.29 is 0 Å². The van der Waals surface area contributed by atoms with E-state index < -0.39 is 0 Å². The van der Waals surface area contributed by atoms with E-state index in [1.54, 1.807) is 0 Å². The van der Waals surface area contributed by atoms with E-state index in [-0.39, 0.29) is 0 Å². The summed E-state index contributed by atoms with van der Waals surface area (Å²) in [6.45, 7) is 17.8. The van der Waals surface area contributed by atoms with Crippen molar-refractivity contribution in [1.29, 1.82) is 0 Å². The molecule has 0 radical (unpaired) electrons. The summed E-state index contributed by atoms with van der Waals surface area (Å²) in [5, 5.41) is 0. The van der Waals surface area contributed by atoms with Gasteiger partial charge in [-0.15, -0.1) is 0 Å². The molecule has 0 N–H and O–H groups in total. The first-order valence-electron chi connectivity index (χ1n) is 5.89. The van der Waals surface area contributed by atoms with Crippen LogP contribution in [0.2, 0.25) is 0 Å². The first-order valence-corrected chi connectivity index (χ1v) is 5.89. The predicted molar refractivity (Wildman–Crippen MR) is 63.5 cm³/mol. The molecule has 0 aromatic heterocycles. The van der Waals surface area contributed by atoms with Crippen LogP contribution < -0.4 is 0 Å². The SMILES string of the molecule is C[C@@H]1C[C@@H](C(C)(C)C)N(C(C)(C)C)C1. The number of likely N-dealkylation sites (tertiary alicyclic amines) is 1. The molecule has 1 fully saturated rings. The van der Waals surface area contributed by atoms with Crippen molar-refractivity contribution in [2.75, 3.05) is 6.54 Å². The van der Waals surface area contributed by atoms with Crippen LogP contribution in [0.3, 0.4) is 0 Å². The van der Waals surface area contributed by atoms with Gasteiger partial charge < -0.3 is 0 Å². The summed E-state index contributed by atoms with van der Waals surface area (Å²) in [6.07, 6.45) is 1.36. The van der Waals surface area contributed by atoms with Gasteiger partial charge in [-0.1, -0.05) is 27.7 Å². The molecule has 0 spiro atoms. The summed E-state index contributed by atoms with van der Waals surface area (Å²) in [5.74, 6) is 0.860. The van der Waals surface area contributed by atoms with Crippen LogP contribution in [0.5, 0.6) is 0 Å². The van der Waals surface area contributed by atoms with Crippen LogP contribution in [-0.2, 0) is 0 Å². The Kier molecular flexibility index (Phi) is 3.02. The first kappa shape index (κ1) is 12.0. The van der Waals surface area contributed by atoms with Crippen LogP contribution in [0.15, 0.2) is 0 Å². The Morgan fingerprint density at radius 3 is 1.79 bits per heavy atom. The Morgan fingerprint density at radius 2 is 1.50 bits per heavy atom. The van der Waals surface area contributed by atoms with E-state index in [1.807, 2.05) is 0 Å². The van der Waals surface area contributed by atoms with Crippen molar-refractivity contribution in [1.82, 2.24) is 4.90 Å². The van der Waals surface area contributed by atoms with Crippen LogP contribution in [0.25, 0.3) is 0 Å². The molecule has 1 aliphatic heterocycles. The van der Waals surface area contributed by atoms with E-state index >= 15 is 0 Å². The van der Waals surface area contributed by atoms with Crippen LogP contribution in [0, 0.1) is 11.3 Å². The predicted octanol–water partition coefficient (Wildman–Crippen LogP) is 3.54. The Labute approximate surface area is 89.9 Å². The Hall–Kier alpha value is -0.0400. The standard InChI is InChI=1S/C13H27N/c1-10-8-11(12(2,3)4)14(9-10)13(5,6)7/h10-11H,8-9H2,1-7H3/t10-,11+/m1/s1. The number of nitrogens with zero attached hydrogens (tertiary/aromatic N) is 1. The minimum absolute atomic E-state index is 0.322. The van der Waals surface area contributed by atoms with E-state index in [0.717, 1.165) is 12.0 Å². The quantitative estimate of drug-likeness (QED) is 0.574. The van der Waals surface area contributed by atoms with E-state index in [9.17, 15) is 0 Å². The molecule has 14 heavy (non-hydrogen) atoms. The van der Waals surface area contributed by atoms with Crippen LogP contribution in [0.4, 0.5) is 0 Å². The second kappa shape index (κ2) is 3.52. The Balaban J connectivity index is 2.84. The molecular weight excluding hydrogens is 170 g/mol. The van der Waals surface area contributed by atoms with Crippen molar-refractivity contribution in [3.8, 4) is 0 Å². The van der Waals surface area contributed by atoms with Crippen molar-refractivity contribution in [2.24, 2.45) is 11.3 Å². The molecule has 84 valence electrons. The molecule has 1 saturated heterocycles. The molecule has 0 bridgehead atoms. The minimum Gasteiger partial charge on any atom is -0.295 e. The smallest absolute Gasteiger partial charge is 0.0152 e. The fourth-order valence-electron chi connectivity index (χ4n) is 2.61. The molecule has 1 heterocycles. The highest BCUT2D eigenvalue weighted by atomic mass is 15.2. The van der Waals surface area contributed by atoms with Gasteiger partial charge in [-0.3, -0.25) is 4.90 Å². The summed E-state index contributed by atoms with van der Waals surface area (Å²) < 4.78 is 0. The maximum absolute atomic E-state index is 2.69. The summed E-state index contributed by atoms with van der Waals surface area (Å²) in [5.41, 5.74) is 0.737. The fraction of sp³-hybridized carbons (Fsp3) is 1.00. The summed E-state index contributed by atoms with van der Waals surface area (Å²) >= 11 is 0. The lowest BCUT2D eigenvalue weighted by molar-refractivity contribution is 0.0576. The Morgan fingerprint density at radius 1 is 1.00 bits per heavy atom. The van der Waals surface area contributed by atoms with Gasteiger partial charge in [-0.2, -0.15) is 0 Å². The molecule has 1 nitrogen and oxygen atoms in total. The second-order valence-corrected chi connectivity index (χ2v) is 7.05. The Bertz CT molecular complexity index is 172. The molecule has 0 aliphatic carbocycles. The summed E-state index contributed by atoms with van der Waals surface area (Å²) in [6, 6.07) is 0.748. The lowest BCUT2D eigenvalue weighted by Gasteiger charge is -2.43. The van der Waals surface area contributed by atoms with Gasteiger partial charge in [-0.25, -0.2) is 0 Å². The van der Waals surface area contributed by atoms with Gasteiger partial charge in [0.25, 0.3) is 0 Å². The van der Waals surface area contributed by atoms with E-state index in [0.29, 0.717) is 11.0 Å². The average Bonchev–Trinajstić information content (AvgIpc) is 2.27. The van der Waals surface area contributed by atoms with Crippen molar-refractivity contribution >= 4 is 0 Å². The van der Waals surface area contributed by atoms with Crippen LogP contribution in [0.1, 0.15) is 54.9 Å². The van der Waals surface area contributed by atoms with Crippen LogP contribution >= 0.6 is 0 Å². The van der Waals surface area contributed by atoms with Crippen LogP contribution in [-0.4, -0.2) is 23.0 Å². The second-order valence-electron chi connectivity index (χ2n) is 7.05. The molecule has 0 saturated carbocycles. The van der Waals surface area contributed by atoms with Crippen molar-refractivity contribution in [3.63, 3.8) is 0 Å². The van der Waals surface area contributed by atoms with Crippen molar-refractivity contribution in [3.05, 3.63) is 0 Å². The fourth-order valence-corrected chi connectivity index (χ4v) is 2.61.